The molecule has 2 heterocycles. The molecule has 3 aromatic rings. The molecule has 0 saturated carbocycles. The molecule has 1 aliphatic rings. The molecule has 8 nitrogen and oxygen atoms in total. The van der Waals surface area contributed by atoms with Crippen LogP contribution in [0.3, 0.4) is 0 Å². The van der Waals surface area contributed by atoms with Gasteiger partial charge in [-0.15, -0.1) is 5.10 Å². The minimum absolute atomic E-state index is 0.0395. The third-order valence-corrected chi connectivity index (χ3v) is 6.05. The maximum absolute atomic E-state index is 12.7. The van der Waals surface area contributed by atoms with Gasteiger partial charge in [-0.25, -0.2) is 0 Å². The average molecular weight is 477 g/mol. The zero-order chi connectivity index (χ0) is 24.8. The zero-order valence-electron chi connectivity index (χ0n) is 20.4. The third kappa shape index (κ3) is 6.20. The molecule has 1 aliphatic heterocycles. The van der Waals surface area contributed by atoms with Crippen molar-refractivity contribution in [1.82, 2.24) is 15.1 Å². The fourth-order valence-corrected chi connectivity index (χ4v) is 4.14. The summed E-state index contributed by atoms with van der Waals surface area (Å²) in [6.45, 7) is 5.88. The fraction of sp³-hybridized carbons (Fsp3) is 0.370. The first-order valence-electron chi connectivity index (χ1n) is 12.0. The lowest BCUT2D eigenvalue weighted by Gasteiger charge is -2.32. The molecule has 1 saturated heterocycles. The van der Waals surface area contributed by atoms with Gasteiger partial charge in [0.2, 0.25) is 5.91 Å². The van der Waals surface area contributed by atoms with Crippen molar-refractivity contribution in [3.05, 3.63) is 76.6 Å². The summed E-state index contributed by atoms with van der Waals surface area (Å²) in [5.41, 5.74) is 1.52. The normalized spacial score (nSPS) is 14.1. The topological polar surface area (TPSA) is 85.7 Å². The van der Waals surface area contributed by atoms with E-state index in [4.69, 9.17) is 9.47 Å². The van der Waals surface area contributed by atoms with Crippen LogP contribution in [0.25, 0.3) is 5.69 Å². The molecule has 2 aromatic carbocycles. The number of amides is 1. The Morgan fingerprint density at radius 2 is 1.66 bits per heavy atom. The van der Waals surface area contributed by atoms with Crippen LogP contribution in [-0.4, -0.2) is 42.0 Å². The molecule has 0 unspecified atom stereocenters. The van der Waals surface area contributed by atoms with Gasteiger partial charge in [-0.05, 0) is 74.7 Å². The SMILES string of the molecule is COc1ccc(-n2nc(N3CCC(C(=O)NCc4ccc(OC(C)C)cc4)CC3)ccc2=O)cc1. The van der Waals surface area contributed by atoms with Gasteiger partial charge in [0.05, 0.1) is 18.9 Å². The number of nitrogens with one attached hydrogen (secondary N) is 1. The smallest absolute Gasteiger partial charge is 0.271 e. The van der Waals surface area contributed by atoms with Gasteiger partial charge in [0.25, 0.3) is 5.56 Å². The van der Waals surface area contributed by atoms with E-state index in [2.05, 4.69) is 15.3 Å². The van der Waals surface area contributed by atoms with Crippen molar-refractivity contribution in [2.45, 2.75) is 39.3 Å². The molecule has 35 heavy (non-hydrogen) atoms. The van der Waals surface area contributed by atoms with Gasteiger partial charge in [0.15, 0.2) is 0 Å². The van der Waals surface area contributed by atoms with Crippen molar-refractivity contribution in [2.24, 2.45) is 5.92 Å². The van der Waals surface area contributed by atoms with E-state index in [1.807, 2.05) is 38.1 Å². The van der Waals surface area contributed by atoms with Crippen LogP contribution in [0.15, 0.2) is 65.5 Å². The first kappa shape index (κ1) is 24.3. The number of methoxy groups -OCH3 is 1. The number of ether oxygens (including phenoxy) is 2. The number of hydrogen-bond acceptors (Lipinski definition) is 6. The number of rotatable bonds is 8. The number of piperidine rings is 1. The van der Waals surface area contributed by atoms with E-state index in [9.17, 15) is 9.59 Å². The Balaban J connectivity index is 1.32. The molecule has 1 N–H and O–H groups in total. The molecule has 0 spiro atoms. The number of benzene rings is 2. The second kappa shape index (κ2) is 11.1. The number of aromatic nitrogens is 2. The molecular weight excluding hydrogens is 444 g/mol. The maximum atomic E-state index is 12.7. The highest BCUT2D eigenvalue weighted by Gasteiger charge is 2.26. The van der Waals surface area contributed by atoms with Gasteiger partial charge in [0, 0.05) is 31.6 Å². The van der Waals surface area contributed by atoms with E-state index in [-0.39, 0.29) is 23.5 Å². The van der Waals surface area contributed by atoms with Gasteiger partial charge in [0.1, 0.15) is 17.3 Å². The summed E-state index contributed by atoms with van der Waals surface area (Å²) < 4.78 is 12.2. The monoisotopic (exact) mass is 476 g/mol. The van der Waals surface area contributed by atoms with Crippen molar-refractivity contribution in [2.75, 3.05) is 25.1 Å². The van der Waals surface area contributed by atoms with Gasteiger partial charge in [-0.2, -0.15) is 4.68 Å². The largest absolute Gasteiger partial charge is 0.497 e. The second-order valence-electron chi connectivity index (χ2n) is 8.93. The fourth-order valence-electron chi connectivity index (χ4n) is 4.14. The zero-order valence-corrected chi connectivity index (χ0v) is 20.4. The van der Waals surface area contributed by atoms with E-state index in [0.29, 0.717) is 25.3 Å². The van der Waals surface area contributed by atoms with Gasteiger partial charge in [-0.1, -0.05) is 12.1 Å². The van der Waals surface area contributed by atoms with E-state index in [1.54, 1.807) is 37.4 Å². The Bertz CT molecular complexity index is 1180. The van der Waals surface area contributed by atoms with Crippen molar-refractivity contribution in [3.8, 4) is 17.2 Å². The summed E-state index contributed by atoms with van der Waals surface area (Å²) >= 11 is 0. The molecule has 1 fully saturated rings. The summed E-state index contributed by atoms with van der Waals surface area (Å²) in [7, 11) is 1.60. The first-order chi connectivity index (χ1) is 16.9. The van der Waals surface area contributed by atoms with Crippen LogP contribution in [0.1, 0.15) is 32.3 Å². The van der Waals surface area contributed by atoms with Crippen LogP contribution in [0.4, 0.5) is 5.82 Å². The highest BCUT2D eigenvalue weighted by Crippen LogP contribution is 2.22. The molecule has 0 aliphatic carbocycles. The average Bonchev–Trinajstić information content (AvgIpc) is 2.88. The Hall–Kier alpha value is -3.81. The van der Waals surface area contributed by atoms with Crippen LogP contribution >= 0.6 is 0 Å². The second-order valence-corrected chi connectivity index (χ2v) is 8.93. The van der Waals surface area contributed by atoms with Gasteiger partial charge in [-0.3, -0.25) is 9.59 Å². The van der Waals surface area contributed by atoms with Crippen LogP contribution in [0.5, 0.6) is 11.5 Å². The summed E-state index contributed by atoms with van der Waals surface area (Å²) in [6, 6.07) is 18.3. The van der Waals surface area contributed by atoms with Gasteiger partial charge >= 0.3 is 0 Å². The lowest BCUT2D eigenvalue weighted by Crippen LogP contribution is -2.41. The predicted molar refractivity (Wildman–Crippen MR) is 135 cm³/mol. The molecule has 0 bridgehead atoms. The van der Waals surface area contributed by atoms with Crippen LogP contribution in [0, 0.1) is 5.92 Å². The van der Waals surface area contributed by atoms with E-state index in [1.165, 1.54) is 10.7 Å². The Morgan fingerprint density at radius 1 is 1.00 bits per heavy atom. The molecule has 184 valence electrons. The molecular formula is C27H32N4O4. The Morgan fingerprint density at radius 3 is 2.29 bits per heavy atom. The molecule has 0 radical (unpaired) electrons. The number of carbonyl (C=O) groups is 1. The lowest BCUT2D eigenvalue weighted by molar-refractivity contribution is -0.125. The van der Waals surface area contributed by atoms with Crippen molar-refractivity contribution in [1.29, 1.82) is 0 Å². The molecule has 0 atom stereocenters. The minimum atomic E-state index is -0.197. The highest BCUT2D eigenvalue weighted by molar-refractivity contribution is 5.79. The van der Waals surface area contributed by atoms with Crippen LogP contribution in [0.2, 0.25) is 0 Å². The number of hydrogen-bond donors (Lipinski definition) is 1. The number of anilines is 1. The number of nitrogens with zero attached hydrogens (tertiary/aromatic N) is 3. The third-order valence-electron chi connectivity index (χ3n) is 6.05. The van der Waals surface area contributed by atoms with Crippen molar-refractivity contribution in [3.63, 3.8) is 0 Å². The predicted octanol–water partition coefficient (Wildman–Crippen LogP) is 3.56. The van der Waals surface area contributed by atoms with E-state index < -0.39 is 0 Å². The highest BCUT2D eigenvalue weighted by atomic mass is 16.5. The van der Waals surface area contributed by atoms with Crippen LogP contribution < -0.4 is 25.2 Å². The standard InChI is InChI=1S/C27H32N4O4/c1-19(2)35-24-8-4-20(5-9-24)18-28-27(33)21-14-16-30(17-15-21)25-12-13-26(32)31(29-25)22-6-10-23(34-3)11-7-22/h4-13,19,21H,14-18H2,1-3H3,(H,28,33). The lowest BCUT2D eigenvalue weighted by atomic mass is 9.96. The van der Waals surface area contributed by atoms with Gasteiger partial charge < -0.3 is 19.7 Å². The Kier molecular flexibility index (Phi) is 7.70. The summed E-state index contributed by atoms with van der Waals surface area (Å²) in [4.78, 5) is 27.3. The van der Waals surface area contributed by atoms with Crippen molar-refractivity contribution < 1.29 is 14.3 Å². The maximum Gasteiger partial charge on any atom is 0.271 e. The first-order valence-corrected chi connectivity index (χ1v) is 12.0. The molecule has 4 rings (SSSR count). The molecule has 8 heteroatoms. The molecule has 1 aromatic heterocycles. The molecule has 1 amide bonds. The van der Waals surface area contributed by atoms with Crippen LogP contribution in [-0.2, 0) is 11.3 Å². The van der Waals surface area contributed by atoms with E-state index in [0.717, 1.165) is 35.7 Å². The summed E-state index contributed by atoms with van der Waals surface area (Å²) in [6.07, 6.45) is 1.60. The summed E-state index contributed by atoms with van der Waals surface area (Å²) in [5.74, 6) is 2.30. The Labute approximate surface area is 205 Å². The number of carbonyl (C=O) groups excluding carboxylic acids is 1. The van der Waals surface area contributed by atoms with E-state index >= 15 is 0 Å². The summed E-state index contributed by atoms with van der Waals surface area (Å²) in [5, 5.41) is 7.63. The van der Waals surface area contributed by atoms with Crippen molar-refractivity contribution >= 4 is 11.7 Å². The minimum Gasteiger partial charge on any atom is -0.497 e. The quantitative estimate of drug-likeness (QED) is 0.535.